The van der Waals surface area contributed by atoms with Crippen molar-refractivity contribution in [1.29, 1.82) is 0 Å². The minimum Gasteiger partial charge on any atom is -0.387 e. The van der Waals surface area contributed by atoms with Gasteiger partial charge in [0.15, 0.2) is 0 Å². The smallest absolute Gasteiger partial charge is 0.251 e. The van der Waals surface area contributed by atoms with Crippen molar-refractivity contribution in [2.75, 3.05) is 26.2 Å². The van der Waals surface area contributed by atoms with Crippen molar-refractivity contribution >= 4 is 11.8 Å². The standard InChI is InChI=1S/C26H33N3O3/c30-19-25(31)29(17-20-8-3-1-4-9-20)14-7-12-24-22-13-15-28(24)18-23(16-22)27-26(32)21-10-5-2-6-11-21/h1-6,8-11,22-24,30H,7,12-19H2,(H,27,32). The Morgan fingerprint density at radius 2 is 1.78 bits per heavy atom. The maximum absolute atomic E-state index is 12.5. The van der Waals surface area contributed by atoms with Crippen LogP contribution in [-0.4, -0.2) is 65.0 Å². The van der Waals surface area contributed by atoms with E-state index in [0.29, 0.717) is 30.6 Å². The third kappa shape index (κ3) is 5.56. The number of rotatable bonds is 9. The average Bonchev–Trinajstić information content (AvgIpc) is 3.06. The molecule has 32 heavy (non-hydrogen) atoms. The van der Waals surface area contributed by atoms with Gasteiger partial charge in [-0.2, -0.15) is 0 Å². The molecule has 2 heterocycles. The summed E-state index contributed by atoms with van der Waals surface area (Å²) in [5.41, 5.74) is 1.79. The van der Waals surface area contributed by atoms with Crippen LogP contribution < -0.4 is 5.32 Å². The number of aliphatic hydroxyl groups excluding tert-OH is 1. The van der Waals surface area contributed by atoms with Crippen LogP contribution in [0.1, 0.15) is 41.6 Å². The number of hydrogen-bond donors (Lipinski definition) is 2. The molecule has 2 aliphatic heterocycles. The fourth-order valence-corrected chi connectivity index (χ4v) is 5.28. The lowest BCUT2D eigenvalue weighted by atomic mass is 9.86. The Bertz CT molecular complexity index is 876. The highest BCUT2D eigenvalue weighted by Crippen LogP contribution is 2.35. The zero-order chi connectivity index (χ0) is 22.3. The number of piperidine rings is 1. The Morgan fingerprint density at radius 3 is 2.47 bits per heavy atom. The summed E-state index contributed by atoms with van der Waals surface area (Å²) in [6, 6.07) is 20.0. The number of hydrogen-bond acceptors (Lipinski definition) is 4. The second-order valence-electron chi connectivity index (χ2n) is 8.98. The topological polar surface area (TPSA) is 72.9 Å². The second-order valence-corrected chi connectivity index (χ2v) is 8.98. The molecule has 2 N–H and O–H groups in total. The normalized spacial score (nSPS) is 24.2. The van der Waals surface area contributed by atoms with Crippen molar-refractivity contribution in [1.82, 2.24) is 15.1 Å². The molecular weight excluding hydrogens is 402 g/mol. The number of amides is 2. The minimum absolute atomic E-state index is 0.00807. The molecule has 170 valence electrons. The number of nitrogens with zero attached hydrogens (tertiary/aromatic N) is 2. The Hall–Kier alpha value is -2.70. The van der Waals surface area contributed by atoms with E-state index < -0.39 is 6.61 Å². The van der Waals surface area contributed by atoms with E-state index in [-0.39, 0.29) is 17.9 Å². The molecule has 0 aliphatic carbocycles. The molecule has 0 saturated carbocycles. The zero-order valence-corrected chi connectivity index (χ0v) is 18.5. The summed E-state index contributed by atoms with van der Waals surface area (Å²) < 4.78 is 0. The summed E-state index contributed by atoms with van der Waals surface area (Å²) in [7, 11) is 0. The van der Waals surface area contributed by atoms with Crippen molar-refractivity contribution < 1.29 is 14.7 Å². The van der Waals surface area contributed by atoms with Gasteiger partial charge in [0.2, 0.25) is 5.91 Å². The van der Waals surface area contributed by atoms with Gasteiger partial charge < -0.3 is 15.3 Å². The lowest BCUT2D eigenvalue weighted by Gasteiger charge is -2.38. The van der Waals surface area contributed by atoms with E-state index in [2.05, 4.69) is 10.2 Å². The predicted molar refractivity (Wildman–Crippen MR) is 124 cm³/mol. The molecule has 4 unspecified atom stereocenters. The number of carbonyl (C=O) groups excluding carboxylic acids is 2. The van der Waals surface area contributed by atoms with Gasteiger partial charge in [-0.15, -0.1) is 0 Å². The Kier molecular flexibility index (Phi) is 7.55. The number of benzene rings is 2. The highest BCUT2D eigenvalue weighted by Gasteiger charge is 2.40. The fraction of sp³-hybridized carbons (Fsp3) is 0.462. The highest BCUT2D eigenvalue weighted by molar-refractivity contribution is 5.94. The van der Waals surface area contributed by atoms with Gasteiger partial charge in [0.25, 0.3) is 5.91 Å². The molecule has 0 aromatic heterocycles. The van der Waals surface area contributed by atoms with E-state index >= 15 is 0 Å². The van der Waals surface area contributed by atoms with Gasteiger partial charge in [0, 0.05) is 37.3 Å². The van der Waals surface area contributed by atoms with Crippen molar-refractivity contribution in [2.45, 2.75) is 44.3 Å². The molecule has 2 fully saturated rings. The monoisotopic (exact) mass is 435 g/mol. The lowest BCUT2D eigenvalue weighted by Crippen LogP contribution is -2.51. The minimum atomic E-state index is -0.451. The number of fused-ring (bicyclic) bond motifs is 2. The quantitative estimate of drug-likeness (QED) is 0.635. The lowest BCUT2D eigenvalue weighted by molar-refractivity contribution is -0.134. The van der Waals surface area contributed by atoms with E-state index in [0.717, 1.165) is 37.9 Å². The van der Waals surface area contributed by atoms with Crippen LogP contribution in [0.3, 0.4) is 0 Å². The van der Waals surface area contributed by atoms with Crippen LogP contribution in [0, 0.1) is 5.92 Å². The predicted octanol–water partition coefficient (Wildman–Crippen LogP) is 2.68. The SMILES string of the molecule is O=C(NC1CC2CCN(C1)C2CCCN(Cc1ccccc1)C(=O)CO)c1ccccc1. The van der Waals surface area contributed by atoms with Gasteiger partial charge in [-0.05, 0) is 55.8 Å². The Labute approximate surface area is 190 Å². The molecule has 2 aromatic rings. The molecule has 2 aromatic carbocycles. The summed E-state index contributed by atoms with van der Waals surface area (Å²) in [5, 5.41) is 12.6. The van der Waals surface area contributed by atoms with Gasteiger partial charge in [-0.3, -0.25) is 14.5 Å². The van der Waals surface area contributed by atoms with Crippen LogP contribution in [0.2, 0.25) is 0 Å². The van der Waals surface area contributed by atoms with Gasteiger partial charge in [-0.1, -0.05) is 48.5 Å². The van der Waals surface area contributed by atoms with Crippen LogP contribution in [0.25, 0.3) is 0 Å². The van der Waals surface area contributed by atoms with Crippen molar-refractivity contribution in [2.24, 2.45) is 5.92 Å². The molecule has 2 saturated heterocycles. The van der Waals surface area contributed by atoms with E-state index in [1.165, 1.54) is 6.42 Å². The fourth-order valence-electron chi connectivity index (χ4n) is 5.28. The molecule has 2 amide bonds. The van der Waals surface area contributed by atoms with Crippen LogP contribution in [0.15, 0.2) is 60.7 Å². The maximum atomic E-state index is 12.5. The Balaban J connectivity index is 1.27. The molecule has 4 atom stereocenters. The van der Waals surface area contributed by atoms with E-state index in [1.54, 1.807) is 4.90 Å². The van der Waals surface area contributed by atoms with E-state index in [9.17, 15) is 14.7 Å². The first-order chi connectivity index (χ1) is 15.6. The third-order valence-electron chi connectivity index (χ3n) is 6.85. The largest absolute Gasteiger partial charge is 0.387 e. The average molecular weight is 436 g/mol. The third-order valence-corrected chi connectivity index (χ3v) is 6.85. The van der Waals surface area contributed by atoms with Gasteiger partial charge in [-0.25, -0.2) is 0 Å². The van der Waals surface area contributed by atoms with Gasteiger partial charge in [0.05, 0.1) is 0 Å². The van der Waals surface area contributed by atoms with Crippen LogP contribution in [0.4, 0.5) is 0 Å². The van der Waals surface area contributed by atoms with Crippen LogP contribution in [-0.2, 0) is 11.3 Å². The highest BCUT2D eigenvalue weighted by atomic mass is 16.3. The Morgan fingerprint density at radius 1 is 1.06 bits per heavy atom. The summed E-state index contributed by atoms with van der Waals surface area (Å²) in [5.74, 6) is 0.374. The molecule has 0 radical (unpaired) electrons. The molecule has 4 rings (SSSR count). The molecule has 2 aliphatic rings. The number of nitrogens with one attached hydrogen (secondary N) is 1. The number of aliphatic hydroxyl groups is 1. The first-order valence-electron chi connectivity index (χ1n) is 11.7. The van der Waals surface area contributed by atoms with Gasteiger partial charge >= 0.3 is 0 Å². The molecule has 6 nitrogen and oxygen atoms in total. The summed E-state index contributed by atoms with van der Waals surface area (Å²) in [4.78, 5) is 29.0. The summed E-state index contributed by atoms with van der Waals surface area (Å²) in [6.07, 6.45) is 4.14. The van der Waals surface area contributed by atoms with E-state index in [1.807, 2.05) is 60.7 Å². The van der Waals surface area contributed by atoms with Crippen molar-refractivity contribution in [3.8, 4) is 0 Å². The maximum Gasteiger partial charge on any atom is 0.251 e. The number of carbonyl (C=O) groups is 2. The first kappa shape index (κ1) is 22.5. The van der Waals surface area contributed by atoms with Crippen molar-refractivity contribution in [3.63, 3.8) is 0 Å². The van der Waals surface area contributed by atoms with E-state index in [4.69, 9.17) is 0 Å². The second kappa shape index (κ2) is 10.7. The zero-order valence-electron chi connectivity index (χ0n) is 18.5. The van der Waals surface area contributed by atoms with Gasteiger partial charge in [0.1, 0.15) is 6.61 Å². The molecule has 2 bridgehead atoms. The molecule has 6 heteroatoms. The first-order valence-corrected chi connectivity index (χ1v) is 11.7. The molecule has 0 spiro atoms. The summed E-state index contributed by atoms with van der Waals surface area (Å²) in [6.45, 7) is 2.71. The van der Waals surface area contributed by atoms with Crippen LogP contribution >= 0.6 is 0 Å². The summed E-state index contributed by atoms with van der Waals surface area (Å²) >= 11 is 0. The molecular formula is C26H33N3O3. The van der Waals surface area contributed by atoms with Crippen LogP contribution in [0.5, 0.6) is 0 Å². The van der Waals surface area contributed by atoms with Crippen molar-refractivity contribution in [3.05, 3.63) is 71.8 Å².